The van der Waals surface area contributed by atoms with Crippen LogP contribution in [0.4, 0.5) is 5.00 Å². The van der Waals surface area contributed by atoms with Gasteiger partial charge in [-0.15, -0.1) is 11.3 Å². The van der Waals surface area contributed by atoms with Crippen molar-refractivity contribution in [3.8, 4) is 11.5 Å². The smallest absolute Gasteiger partial charge is 0.251 e. The zero-order valence-electron chi connectivity index (χ0n) is 19.8. The minimum Gasteiger partial charge on any atom is -0.486 e. The number of amides is 2. The van der Waals surface area contributed by atoms with Crippen LogP contribution >= 0.6 is 11.3 Å². The Kier molecular flexibility index (Phi) is 7.06. The van der Waals surface area contributed by atoms with Gasteiger partial charge >= 0.3 is 0 Å². The third kappa shape index (κ3) is 5.21. The Morgan fingerprint density at radius 1 is 1.06 bits per heavy atom. The van der Waals surface area contributed by atoms with Crippen molar-refractivity contribution in [1.82, 2.24) is 4.90 Å². The molecule has 1 aromatic carbocycles. The van der Waals surface area contributed by atoms with Crippen LogP contribution in [-0.2, 0) is 17.6 Å². The number of nitrogens with zero attached hydrogens (tertiary/aromatic N) is 1. The molecule has 0 saturated carbocycles. The quantitative estimate of drug-likeness (QED) is 0.567. The highest BCUT2D eigenvalue weighted by atomic mass is 32.1. The molecule has 0 unspecified atom stereocenters. The van der Waals surface area contributed by atoms with Crippen LogP contribution in [0.1, 0.15) is 63.3 Å². The molecule has 3 heterocycles. The van der Waals surface area contributed by atoms with E-state index in [4.69, 9.17) is 15.2 Å². The number of hydrogen-bond acceptors (Lipinski definition) is 7. The molecule has 5 rings (SSSR count). The number of thiophene rings is 1. The second-order valence-corrected chi connectivity index (χ2v) is 10.5. The fourth-order valence-corrected chi connectivity index (χ4v) is 6.53. The normalized spacial score (nSPS) is 18.1. The number of ketones is 1. The number of ether oxygens (including phenoxy) is 2. The molecule has 0 bridgehead atoms. The molecule has 1 fully saturated rings. The number of fused-ring (bicyclic) bond motifs is 2. The average molecular weight is 498 g/mol. The molecule has 1 saturated heterocycles. The number of carbonyl (C=O) groups excluding carboxylic acids is 3. The van der Waals surface area contributed by atoms with Gasteiger partial charge in [-0.3, -0.25) is 14.4 Å². The third-order valence-corrected chi connectivity index (χ3v) is 8.32. The van der Waals surface area contributed by atoms with Crippen LogP contribution in [-0.4, -0.2) is 55.3 Å². The van der Waals surface area contributed by atoms with E-state index in [1.165, 1.54) is 16.2 Å². The number of carbonyl (C=O) groups is 3. The molecule has 0 spiro atoms. The lowest BCUT2D eigenvalue weighted by Crippen LogP contribution is -2.38. The van der Waals surface area contributed by atoms with E-state index < -0.39 is 5.91 Å². The van der Waals surface area contributed by atoms with Crippen LogP contribution in [0, 0.1) is 5.92 Å². The van der Waals surface area contributed by atoms with Gasteiger partial charge in [-0.25, -0.2) is 0 Å². The molecule has 8 nitrogen and oxygen atoms in total. The summed E-state index contributed by atoms with van der Waals surface area (Å²) in [6.07, 6.45) is 5.80. The summed E-state index contributed by atoms with van der Waals surface area (Å²) in [5.41, 5.74) is 7.81. The second kappa shape index (κ2) is 10.4. The summed E-state index contributed by atoms with van der Waals surface area (Å²) >= 11 is 1.49. The maximum absolute atomic E-state index is 13.0. The van der Waals surface area contributed by atoms with Gasteiger partial charge < -0.3 is 25.4 Å². The van der Waals surface area contributed by atoms with E-state index in [0.717, 1.165) is 57.2 Å². The number of primary amides is 1. The van der Waals surface area contributed by atoms with Crippen LogP contribution in [0.3, 0.4) is 0 Å². The van der Waals surface area contributed by atoms with Crippen LogP contribution in [0.15, 0.2) is 18.2 Å². The van der Waals surface area contributed by atoms with Gasteiger partial charge in [0.1, 0.15) is 18.2 Å². The molecular weight excluding hydrogens is 466 g/mol. The topological polar surface area (TPSA) is 111 Å². The number of anilines is 1. The molecule has 186 valence electrons. The van der Waals surface area contributed by atoms with E-state index in [1.807, 2.05) is 12.1 Å². The highest BCUT2D eigenvalue weighted by Crippen LogP contribution is 2.38. The molecule has 1 aliphatic carbocycles. The first-order valence-corrected chi connectivity index (χ1v) is 13.2. The predicted molar refractivity (Wildman–Crippen MR) is 134 cm³/mol. The maximum Gasteiger partial charge on any atom is 0.251 e. The Hall–Kier alpha value is -2.91. The molecular formula is C26H31N3O5S. The van der Waals surface area contributed by atoms with E-state index in [9.17, 15) is 14.4 Å². The first-order chi connectivity index (χ1) is 17.0. The number of likely N-dealkylation sites (tertiary alicyclic amines) is 1. The minimum atomic E-state index is -0.468. The van der Waals surface area contributed by atoms with Crippen molar-refractivity contribution in [3.05, 3.63) is 39.8 Å². The Morgan fingerprint density at radius 3 is 2.57 bits per heavy atom. The highest BCUT2D eigenvalue weighted by Gasteiger charge is 2.28. The van der Waals surface area contributed by atoms with Gasteiger partial charge in [0.2, 0.25) is 5.91 Å². The van der Waals surface area contributed by atoms with Gasteiger partial charge in [0.25, 0.3) is 5.91 Å². The van der Waals surface area contributed by atoms with Crippen LogP contribution < -0.4 is 20.5 Å². The van der Waals surface area contributed by atoms with Gasteiger partial charge in [-0.1, -0.05) is 0 Å². The third-order valence-electron chi connectivity index (χ3n) is 7.11. The van der Waals surface area contributed by atoms with Crippen molar-refractivity contribution in [2.24, 2.45) is 11.7 Å². The largest absolute Gasteiger partial charge is 0.486 e. The molecule has 9 heteroatoms. The number of aryl methyl sites for hydroxylation is 1. The number of nitrogens with one attached hydrogen (secondary N) is 1. The molecule has 3 N–H and O–H groups in total. The van der Waals surface area contributed by atoms with Crippen LogP contribution in [0.25, 0.3) is 0 Å². The number of rotatable bonds is 7. The van der Waals surface area contributed by atoms with Gasteiger partial charge in [0.05, 0.1) is 5.56 Å². The summed E-state index contributed by atoms with van der Waals surface area (Å²) in [4.78, 5) is 41.1. The molecule has 3 aliphatic rings. The highest BCUT2D eigenvalue weighted by molar-refractivity contribution is 7.17. The zero-order chi connectivity index (χ0) is 24.4. The first kappa shape index (κ1) is 23.8. The molecule has 2 aromatic rings. The Balaban J connectivity index is 1.11. The van der Waals surface area contributed by atoms with Crippen molar-refractivity contribution >= 4 is 33.9 Å². The van der Waals surface area contributed by atoms with Crippen molar-refractivity contribution in [2.45, 2.75) is 44.9 Å². The number of piperidine rings is 1. The van der Waals surface area contributed by atoms with Crippen molar-refractivity contribution in [3.63, 3.8) is 0 Å². The summed E-state index contributed by atoms with van der Waals surface area (Å²) < 4.78 is 11.2. The minimum absolute atomic E-state index is 0.0294. The SMILES string of the molecule is NC(=O)c1c(NC(=O)CCN2CCC(C(=O)c3ccc4c(c3)OCCO4)CC2)sc2c1CCCC2. The lowest BCUT2D eigenvalue weighted by atomic mass is 9.88. The lowest BCUT2D eigenvalue weighted by Gasteiger charge is -2.31. The Bertz CT molecular complexity index is 1140. The Morgan fingerprint density at radius 2 is 1.80 bits per heavy atom. The molecule has 0 atom stereocenters. The number of Topliss-reactive ketones (excluding diaryl/α,β-unsaturated/α-hetero) is 1. The van der Waals surface area contributed by atoms with Crippen LogP contribution in [0.5, 0.6) is 11.5 Å². The summed E-state index contributed by atoms with van der Waals surface area (Å²) in [7, 11) is 0. The number of hydrogen-bond donors (Lipinski definition) is 2. The fourth-order valence-electron chi connectivity index (χ4n) is 5.21. The van der Waals surface area contributed by atoms with Gasteiger partial charge in [0, 0.05) is 29.3 Å². The maximum atomic E-state index is 13.0. The molecule has 2 amide bonds. The van der Waals surface area contributed by atoms with Crippen LogP contribution in [0.2, 0.25) is 0 Å². The standard InChI is InChI=1S/C26H31N3O5S/c27-25(32)23-18-3-1-2-4-21(18)35-26(23)28-22(30)9-12-29-10-7-16(8-11-29)24(31)17-5-6-19-20(15-17)34-14-13-33-19/h5-6,15-16H,1-4,7-14H2,(H2,27,32)(H,28,30). The van der Waals surface area contributed by atoms with Crippen molar-refractivity contribution in [2.75, 3.05) is 38.2 Å². The summed E-state index contributed by atoms with van der Waals surface area (Å²) in [6.45, 7) is 3.18. The number of nitrogens with two attached hydrogens (primary N) is 1. The summed E-state index contributed by atoms with van der Waals surface area (Å²) in [5.74, 6) is 0.853. The Labute approximate surface area is 208 Å². The molecule has 35 heavy (non-hydrogen) atoms. The van der Waals surface area contributed by atoms with E-state index in [0.29, 0.717) is 53.8 Å². The lowest BCUT2D eigenvalue weighted by molar-refractivity contribution is -0.116. The summed E-state index contributed by atoms with van der Waals surface area (Å²) in [6, 6.07) is 5.41. The predicted octanol–water partition coefficient (Wildman–Crippen LogP) is 3.42. The average Bonchev–Trinajstić information content (AvgIpc) is 3.25. The van der Waals surface area contributed by atoms with E-state index in [1.54, 1.807) is 6.07 Å². The zero-order valence-corrected chi connectivity index (χ0v) is 20.6. The van der Waals surface area contributed by atoms with Crippen molar-refractivity contribution in [1.29, 1.82) is 0 Å². The van der Waals surface area contributed by atoms with E-state index in [2.05, 4.69) is 10.2 Å². The van der Waals surface area contributed by atoms with Gasteiger partial charge in [-0.2, -0.15) is 0 Å². The van der Waals surface area contributed by atoms with Gasteiger partial charge in [-0.05, 0) is 75.4 Å². The monoisotopic (exact) mass is 497 g/mol. The summed E-state index contributed by atoms with van der Waals surface area (Å²) in [5, 5.41) is 3.53. The molecule has 2 aliphatic heterocycles. The molecule has 0 radical (unpaired) electrons. The van der Waals surface area contributed by atoms with E-state index >= 15 is 0 Å². The first-order valence-electron chi connectivity index (χ1n) is 12.4. The van der Waals surface area contributed by atoms with Crippen molar-refractivity contribution < 1.29 is 23.9 Å². The van der Waals surface area contributed by atoms with E-state index in [-0.39, 0.29) is 17.6 Å². The molecule has 1 aromatic heterocycles. The number of benzene rings is 1. The fraction of sp³-hybridized carbons (Fsp3) is 0.500. The van der Waals surface area contributed by atoms with Gasteiger partial charge in [0.15, 0.2) is 17.3 Å². The second-order valence-electron chi connectivity index (χ2n) is 9.42.